The van der Waals surface area contributed by atoms with Crippen molar-refractivity contribution in [1.29, 1.82) is 0 Å². The maximum atomic E-state index is 16.7. The summed E-state index contributed by atoms with van der Waals surface area (Å²) in [6.45, 7) is 1.26. The largest absolute Gasteiger partial charge is 0.477 e. The van der Waals surface area contributed by atoms with E-state index in [0.29, 0.717) is 19.4 Å². The number of rotatable bonds is 4. The van der Waals surface area contributed by atoms with Crippen LogP contribution in [0.15, 0.2) is 17.1 Å². The van der Waals surface area contributed by atoms with Crippen LogP contribution in [0.2, 0.25) is 6.43 Å². The van der Waals surface area contributed by atoms with Crippen LogP contribution in [0.3, 0.4) is 0 Å². The number of nitrogens with two attached hydrogens (primary N) is 1. The van der Waals surface area contributed by atoms with E-state index in [2.05, 4.69) is 14.9 Å². The summed E-state index contributed by atoms with van der Waals surface area (Å²) in [5.74, 6) is -1.08. The highest BCUT2D eigenvalue weighted by molar-refractivity contribution is 6.32. The van der Waals surface area contributed by atoms with E-state index in [1.54, 1.807) is 0 Å². The molecule has 3 atom stereocenters. The third kappa shape index (κ3) is 4.61. The summed E-state index contributed by atoms with van der Waals surface area (Å²) >= 11 is 6.00. The lowest BCUT2D eigenvalue weighted by Gasteiger charge is -2.52. The van der Waals surface area contributed by atoms with Crippen molar-refractivity contribution in [3.8, 4) is 17.1 Å². The van der Waals surface area contributed by atoms with Crippen molar-refractivity contribution >= 4 is 23.1 Å². The summed E-state index contributed by atoms with van der Waals surface area (Å²) < 4.78 is 95.2. The molecule has 2 aromatic rings. The van der Waals surface area contributed by atoms with Gasteiger partial charge in [0.1, 0.15) is 28.3 Å². The second-order valence-corrected chi connectivity index (χ2v) is 12.7. The molecule has 5 aliphatic rings. The van der Waals surface area contributed by atoms with Gasteiger partial charge in [-0.3, -0.25) is 4.90 Å². The molecule has 1 saturated carbocycles. The van der Waals surface area contributed by atoms with Crippen molar-refractivity contribution in [3.63, 3.8) is 0 Å². The van der Waals surface area contributed by atoms with Gasteiger partial charge in [0.25, 0.3) is 0 Å². The van der Waals surface area contributed by atoms with E-state index < -0.39 is 51.9 Å². The van der Waals surface area contributed by atoms with Gasteiger partial charge in [0, 0.05) is 48.8 Å². The zero-order valence-corrected chi connectivity index (χ0v) is 24.2. The number of nitrogens with zero attached hydrogens (tertiary/aromatic N) is 4. The van der Waals surface area contributed by atoms with Crippen molar-refractivity contribution < 1.29 is 32.8 Å². The number of benzene rings is 1. The Kier molecular flexibility index (Phi) is 6.47. The predicted octanol–water partition coefficient (Wildman–Crippen LogP) is 3.94. The van der Waals surface area contributed by atoms with Crippen molar-refractivity contribution in [2.45, 2.75) is 74.7 Å². The van der Waals surface area contributed by atoms with E-state index in [1.165, 1.54) is 0 Å². The van der Waals surface area contributed by atoms with E-state index in [9.17, 15) is 17.6 Å². The fraction of sp³-hybridized carbons (Fsp3) is 0.586. The van der Waals surface area contributed by atoms with Crippen LogP contribution in [0, 0.1) is 5.82 Å². The molecule has 0 bridgehead atoms. The summed E-state index contributed by atoms with van der Waals surface area (Å²) in [5.41, 5.74) is 2.20. The Morgan fingerprint density at radius 2 is 2.05 bits per heavy atom. The monoisotopic (exact) mass is 627 g/mol. The molecular weight excluding hydrogens is 595 g/mol. The zero-order valence-electron chi connectivity index (χ0n) is 24.5. The Hall–Kier alpha value is -2.90. The van der Waals surface area contributed by atoms with Crippen LogP contribution in [0.25, 0.3) is 17.1 Å². The number of pyridine rings is 1. The first-order valence-electron chi connectivity index (χ1n) is 14.9. The van der Waals surface area contributed by atoms with Gasteiger partial charge in [-0.1, -0.05) is 11.6 Å². The number of alkyl halides is 4. The van der Waals surface area contributed by atoms with E-state index in [0.717, 1.165) is 49.7 Å². The summed E-state index contributed by atoms with van der Waals surface area (Å²) in [6.07, 6.45) is -2.29. The smallest absolute Gasteiger partial charge is 0.418 e. The van der Waals surface area contributed by atoms with Gasteiger partial charge in [-0.15, -0.1) is 0 Å². The number of fused-ring (bicyclic) bond motifs is 1. The summed E-state index contributed by atoms with van der Waals surface area (Å²) in [4.78, 5) is 12.7. The highest BCUT2D eigenvalue weighted by atomic mass is 35.5. The van der Waals surface area contributed by atoms with Gasteiger partial charge in [-0.05, 0) is 50.8 Å². The van der Waals surface area contributed by atoms with Crippen molar-refractivity contribution in [3.05, 3.63) is 39.1 Å². The number of hydrogen-bond donors (Lipinski definition) is 2. The number of ether oxygens (including phenoxy) is 2. The van der Waals surface area contributed by atoms with Crippen molar-refractivity contribution in [1.82, 2.24) is 20.1 Å². The van der Waals surface area contributed by atoms with Crippen LogP contribution in [-0.4, -0.2) is 71.7 Å². The third-order valence-corrected chi connectivity index (χ3v) is 10.1. The predicted molar refractivity (Wildman–Crippen MR) is 149 cm³/mol. The van der Waals surface area contributed by atoms with E-state index in [-0.39, 0.29) is 53.1 Å². The van der Waals surface area contributed by atoms with Gasteiger partial charge < -0.3 is 25.4 Å². The molecule has 0 amide bonds. The molecule has 2 saturated heterocycles. The first-order chi connectivity index (χ1) is 20.8. The van der Waals surface area contributed by atoms with Gasteiger partial charge >= 0.3 is 6.18 Å². The Labute approximate surface area is 251 Å². The molecule has 1 aliphatic carbocycles. The maximum absolute atomic E-state index is 16.7. The van der Waals surface area contributed by atoms with Crippen molar-refractivity contribution in [2.24, 2.45) is 4.99 Å². The molecule has 5 heterocycles. The van der Waals surface area contributed by atoms with E-state index in [4.69, 9.17) is 28.2 Å². The zero-order chi connectivity index (χ0) is 31.2. The molecule has 43 heavy (non-hydrogen) atoms. The molecule has 8 nitrogen and oxygen atoms in total. The van der Waals surface area contributed by atoms with Crippen LogP contribution in [0.5, 0.6) is 5.88 Å². The molecular formula is C29H32ClF5N6O2. The minimum atomic E-state index is -4.95. The first kappa shape index (κ1) is 27.6. The molecule has 1 aromatic carbocycles. The Bertz CT molecular complexity index is 1640. The second kappa shape index (κ2) is 10.1. The Morgan fingerprint density at radius 1 is 1.26 bits per heavy atom. The standard InChI is InChI=1S/C29H32ClF5N6O2/c1-40-24-19-23(38-26(39-24)43-14-28-6-3-8-41(28)13-15(31)12-28)21(32)22(37-25(19)42-9-7-27(40)4-2-5-27)17-10-16(36)11-18(30)20(17)29(33,34)35/h10-11,15,26,39H,2-9,12-14,36H2,1H3/t15-,26?,28+/m1/s1/i/hD. The molecule has 1 aromatic heterocycles. The van der Waals surface area contributed by atoms with Gasteiger partial charge in [0.05, 0.1) is 23.8 Å². The molecule has 14 heteroatoms. The van der Waals surface area contributed by atoms with Gasteiger partial charge in [0.15, 0.2) is 7.23 Å². The minimum absolute atomic E-state index is 0.0560. The molecule has 0 radical (unpaired) electrons. The highest BCUT2D eigenvalue weighted by Gasteiger charge is 2.50. The van der Waals surface area contributed by atoms with Gasteiger partial charge in [-0.25, -0.2) is 18.8 Å². The number of halogens is 6. The third-order valence-electron chi connectivity index (χ3n) is 9.81. The molecule has 3 fully saturated rings. The van der Waals surface area contributed by atoms with Gasteiger partial charge in [-0.2, -0.15) is 13.2 Å². The number of hydrogen-bond acceptors (Lipinski definition) is 8. The fourth-order valence-corrected chi connectivity index (χ4v) is 7.79. The molecule has 4 aliphatic heterocycles. The lowest BCUT2D eigenvalue weighted by Crippen LogP contribution is -2.60. The summed E-state index contributed by atoms with van der Waals surface area (Å²) in [6, 6.07) is 1.92. The second-order valence-electron chi connectivity index (χ2n) is 12.3. The number of anilines is 1. The lowest BCUT2D eigenvalue weighted by molar-refractivity contribution is -0.137. The first-order valence-corrected chi connectivity index (χ1v) is 14.9. The molecule has 1 unspecified atom stereocenters. The summed E-state index contributed by atoms with van der Waals surface area (Å²) in [7, 11) is 1.81. The quantitative estimate of drug-likeness (QED) is 0.392. The molecule has 1 spiro atoms. The van der Waals surface area contributed by atoms with Crippen LogP contribution in [0.4, 0.5) is 27.6 Å². The van der Waals surface area contributed by atoms with E-state index in [1.807, 2.05) is 11.9 Å². The fourth-order valence-electron chi connectivity index (χ4n) is 7.45. The van der Waals surface area contributed by atoms with Crippen LogP contribution in [0.1, 0.15) is 50.5 Å². The normalized spacial score (nSPS) is 28.4. The van der Waals surface area contributed by atoms with Crippen LogP contribution >= 0.6 is 11.6 Å². The Balaban J connectivity index is 1.42. The molecule has 3 N–H and O–H groups in total. The van der Waals surface area contributed by atoms with E-state index >= 15 is 4.39 Å². The molecule has 232 valence electrons. The molecule has 7 rings (SSSR count). The average Bonchev–Trinajstić information content (AvgIpc) is 3.43. The topological polar surface area (TPSA) is 88.2 Å². The van der Waals surface area contributed by atoms with Crippen LogP contribution < -0.4 is 26.4 Å². The number of aromatic nitrogens is 1. The Morgan fingerprint density at radius 3 is 2.77 bits per heavy atom. The van der Waals surface area contributed by atoms with Crippen LogP contribution in [-0.2, 0) is 10.9 Å². The minimum Gasteiger partial charge on any atom is -0.477 e. The SMILES string of the molecule is [2H]N1C2=c3c(nc(-c4cc(N)cc(Cl)c4C(F)(F)F)c(F)c3=NC1OC[C@@]13CCCN1C[C@H](F)C3)OCCC1(CCC1)N2C. The maximum Gasteiger partial charge on any atom is 0.418 e. The average molecular weight is 628 g/mol. The lowest BCUT2D eigenvalue weighted by atomic mass is 9.73. The number of nitrogen functional groups attached to an aromatic ring is 1. The van der Waals surface area contributed by atoms with Crippen molar-refractivity contribution in [2.75, 3.05) is 39.1 Å². The summed E-state index contributed by atoms with van der Waals surface area (Å²) in [5, 5.41) is 0.0625. The van der Waals surface area contributed by atoms with Gasteiger partial charge in [0.2, 0.25) is 12.2 Å². The highest BCUT2D eigenvalue weighted by Crippen LogP contribution is 2.45. The number of nitrogens with one attached hydrogen (secondary N) is 1.